The minimum absolute atomic E-state index is 0.113. The third kappa shape index (κ3) is 4.34. The number of carbonyl (C=O) groups excluding carboxylic acids is 1. The quantitative estimate of drug-likeness (QED) is 0.483. The summed E-state index contributed by atoms with van der Waals surface area (Å²) >= 11 is 0. The van der Waals surface area contributed by atoms with Gasteiger partial charge in [0.25, 0.3) is 11.5 Å². The molecule has 1 amide bonds. The lowest BCUT2D eigenvalue weighted by Gasteiger charge is -2.23. The Bertz CT molecular complexity index is 1330. The number of aromatic amines is 1. The van der Waals surface area contributed by atoms with Crippen LogP contribution in [-0.2, 0) is 6.54 Å². The molecule has 0 saturated carbocycles. The Morgan fingerprint density at radius 3 is 2.38 bits per heavy atom. The molecule has 0 atom stereocenters. The van der Waals surface area contributed by atoms with Gasteiger partial charge in [-0.05, 0) is 72.5 Å². The van der Waals surface area contributed by atoms with Gasteiger partial charge in [0.2, 0.25) is 0 Å². The fraction of sp³-hybridized carbons (Fsp3) is 0.154. The molecule has 1 aromatic heterocycles. The molecule has 0 bridgehead atoms. The van der Waals surface area contributed by atoms with Gasteiger partial charge in [-0.25, -0.2) is 0 Å². The standard InChI is InChI=1S/C26H24N2O4/c1-17-7-8-18-14-20(25(29)27-24(18)13-17)16-28(21-9-11-22(31-2)12-10-21)26(30)19-5-4-6-23(15-19)32-3/h4-15H,16H2,1-3H3,(H,27,29). The normalized spacial score (nSPS) is 10.7. The molecule has 0 aliphatic rings. The number of nitrogens with zero attached hydrogens (tertiary/aromatic N) is 1. The van der Waals surface area contributed by atoms with Crippen LogP contribution in [0.3, 0.4) is 0 Å². The maximum absolute atomic E-state index is 13.5. The molecule has 1 N–H and O–H groups in total. The van der Waals surface area contributed by atoms with E-state index < -0.39 is 0 Å². The Hall–Kier alpha value is -4.06. The van der Waals surface area contributed by atoms with E-state index in [1.54, 1.807) is 67.7 Å². The first-order chi connectivity index (χ1) is 15.5. The second-order valence-corrected chi connectivity index (χ2v) is 7.54. The van der Waals surface area contributed by atoms with Crippen molar-refractivity contribution < 1.29 is 14.3 Å². The van der Waals surface area contributed by atoms with E-state index in [1.165, 1.54) is 0 Å². The van der Waals surface area contributed by atoms with Crippen molar-refractivity contribution in [1.29, 1.82) is 0 Å². The van der Waals surface area contributed by atoms with Gasteiger partial charge in [-0.2, -0.15) is 0 Å². The number of ether oxygens (including phenoxy) is 2. The summed E-state index contributed by atoms with van der Waals surface area (Å²) in [6, 6.07) is 21.9. The number of fused-ring (bicyclic) bond motifs is 1. The molecule has 162 valence electrons. The van der Waals surface area contributed by atoms with Gasteiger partial charge in [0.1, 0.15) is 11.5 Å². The van der Waals surface area contributed by atoms with Crippen LogP contribution in [0.25, 0.3) is 10.9 Å². The van der Waals surface area contributed by atoms with Crippen LogP contribution in [0.15, 0.2) is 77.6 Å². The van der Waals surface area contributed by atoms with Gasteiger partial charge < -0.3 is 19.4 Å². The van der Waals surface area contributed by atoms with Crippen molar-refractivity contribution in [2.75, 3.05) is 19.1 Å². The third-order valence-corrected chi connectivity index (χ3v) is 5.35. The highest BCUT2D eigenvalue weighted by atomic mass is 16.5. The second-order valence-electron chi connectivity index (χ2n) is 7.54. The van der Waals surface area contributed by atoms with E-state index in [0.717, 1.165) is 16.5 Å². The Morgan fingerprint density at radius 2 is 1.66 bits per heavy atom. The number of aromatic nitrogens is 1. The summed E-state index contributed by atoms with van der Waals surface area (Å²) < 4.78 is 10.5. The number of rotatable bonds is 6. The summed E-state index contributed by atoms with van der Waals surface area (Å²) in [6.07, 6.45) is 0. The van der Waals surface area contributed by atoms with Gasteiger partial charge in [0.15, 0.2) is 0 Å². The number of aryl methyl sites for hydroxylation is 1. The molecule has 1 heterocycles. The van der Waals surface area contributed by atoms with Gasteiger partial charge >= 0.3 is 0 Å². The van der Waals surface area contributed by atoms with Gasteiger partial charge in [-0.3, -0.25) is 9.59 Å². The molecular formula is C26H24N2O4. The highest BCUT2D eigenvalue weighted by molar-refractivity contribution is 6.06. The van der Waals surface area contributed by atoms with Crippen LogP contribution in [0, 0.1) is 6.92 Å². The van der Waals surface area contributed by atoms with Crippen LogP contribution in [0.1, 0.15) is 21.5 Å². The van der Waals surface area contributed by atoms with Crippen LogP contribution in [-0.4, -0.2) is 25.1 Å². The number of anilines is 1. The monoisotopic (exact) mass is 428 g/mol. The smallest absolute Gasteiger partial charge is 0.258 e. The first-order valence-electron chi connectivity index (χ1n) is 10.2. The number of nitrogens with one attached hydrogen (secondary N) is 1. The largest absolute Gasteiger partial charge is 0.497 e. The van der Waals surface area contributed by atoms with Gasteiger partial charge in [-0.1, -0.05) is 18.2 Å². The molecule has 6 nitrogen and oxygen atoms in total. The summed E-state index contributed by atoms with van der Waals surface area (Å²) in [4.78, 5) is 30.9. The molecule has 0 aliphatic heterocycles. The molecule has 3 aromatic carbocycles. The Morgan fingerprint density at radius 1 is 0.906 bits per heavy atom. The third-order valence-electron chi connectivity index (χ3n) is 5.35. The highest BCUT2D eigenvalue weighted by Crippen LogP contribution is 2.25. The van der Waals surface area contributed by atoms with E-state index in [4.69, 9.17) is 9.47 Å². The zero-order valence-electron chi connectivity index (χ0n) is 18.2. The fourth-order valence-electron chi connectivity index (χ4n) is 3.60. The van der Waals surface area contributed by atoms with Crippen molar-refractivity contribution in [3.63, 3.8) is 0 Å². The Labute approximate surface area is 186 Å². The van der Waals surface area contributed by atoms with Crippen LogP contribution >= 0.6 is 0 Å². The van der Waals surface area contributed by atoms with E-state index in [9.17, 15) is 9.59 Å². The van der Waals surface area contributed by atoms with Crippen molar-refractivity contribution in [1.82, 2.24) is 4.98 Å². The van der Waals surface area contributed by atoms with E-state index in [1.807, 2.05) is 31.2 Å². The molecule has 4 aromatic rings. The number of pyridine rings is 1. The maximum atomic E-state index is 13.5. The Kier molecular flexibility index (Phi) is 5.94. The summed E-state index contributed by atoms with van der Waals surface area (Å²) in [7, 11) is 3.14. The molecule has 32 heavy (non-hydrogen) atoms. The minimum atomic E-state index is -0.238. The first kappa shape index (κ1) is 21.2. The molecule has 4 rings (SSSR count). The summed E-state index contributed by atoms with van der Waals surface area (Å²) in [5.41, 5.74) is 3.23. The Balaban J connectivity index is 1.77. The number of carbonyl (C=O) groups is 1. The van der Waals surface area contributed by atoms with Crippen LogP contribution in [0.2, 0.25) is 0 Å². The number of H-pyrrole nitrogens is 1. The lowest BCUT2D eigenvalue weighted by Crippen LogP contribution is -2.32. The molecule has 0 spiro atoms. The molecular weight excluding hydrogens is 404 g/mol. The van der Waals surface area contributed by atoms with Crippen molar-refractivity contribution in [3.05, 3.63) is 99.8 Å². The predicted molar refractivity (Wildman–Crippen MR) is 126 cm³/mol. The molecule has 0 unspecified atom stereocenters. The maximum Gasteiger partial charge on any atom is 0.258 e. The van der Waals surface area contributed by atoms with Crippen molar-refractivity contribution in [2.24, 2.45) is 0 Å². The van der Waals surface area contributed by atoms with E-state index in [-0.39, 0.29) is 18.0 Å². The summed E-state index contributed by atoms with van der Waals surface area (Å²) in [6.45, 7) is 2.09. The second kappa shape index (κ2) is 8.98. The zero-order valence-corrected chi connectivity index (χ0v) is 18.2. The van der Waals surface area contributed by atoms with Gasteiger partial charge in [0, 0.05) is 22.3 Å². The average molecular weight is 428 g/mol. The lowest BCUT2D eigenvalue weighted by molar-refractivity contribution is 0.0984. The highest BCUT2D eigenvalue weighted by Gasteiger charge is 2.20. The molecule has 0 radical (unpaired) electrons. The minimum Gasteiger partial charge on any atom is -0.497 e. The predicted octanol–water partition coefficient (Wildman–Crippen LogP) is 4.70. The number of hydrogen-bond acceptors (Lipinski definition) is 4. The SMILES string of the molecule is COc1ccc(N(Cc2cc3ccc(C)cc3[nH]c2=O)C(=O)c2cccc(OC)c2)cc1. The van der Waals surface area contributed by atoms with Gasteiger partial charge in [-0.15, -0.1) is 0 Å². The van der Waals surface area contributed by atoms with Crippen molar-refractivity contribution in [2.45, 2.75) is 13.5 Å². The number of amides is 1. The van der Waals surface area contributed by atoms with E-state index >= 15 is 0 Å². The van der Waals surface area contributed by atoms with Gasteiger partial charge in [0.05, 0.1) is 20.8 Å². The molecule has 6 heteroatoms. The van der Waals surface area contributed by atoms with Crippen LogP contribution in [0.4, 0.5) is 5.69 Å². The van der Waals surface area contributed by atoms with Crippen LogP contribution in [0.5, 0.6) is 11.5 Å². The van der Waals surface area contributed by atoms with Crippen molar-refractivity contribution >= 4 is 22.5 Å². The number of hydrogen-bond donors (Lipinski definition) is 1. The van der Waals surface area contributed by atoms with E-state index in [2.05, 4.69) is 4.98 Å². The number of methoxy groups -OCH3 is 2. The number of benzene rings is 3. The summed E-state index contributed by atoms with van der Waals surface area (Å²) in [5.74, 6) is 1.03. The summed E-state index contributed by atoms with van der Waals surface area (Å²) in [5, 5.41) is 0.911. The zero-order chi connectivity index (χ0) is 22.7. The fourth-order valence-corrected chi connectivity index (χ4v) is 3.60. The lowest BCUT2D eigenvalue weighted by atomic mass is 10.1. The molecule has 0 aliphatic carbocycles. The first-order valence-corrected chi connectivity index (χ1v) is 10.2. The van der Waals surface area contributed by atoms with Crippen LogP contribution < -0.4 is 19.9 Å². The average Bonchev–Trinajstić information content (AvgIpc) is 2.82. The van der Waals surface area contributed by atoms with E-state index in [0.29, 0.717) is 28.3 Å². The van der Waals surface area contributed by atoms with Crippen molar-refractivity contribution in [3.8, 4) is 11.5 Å². The molecule has 0 fully saturated rings. The topological polar surface area (TPSA) is 71.6 Å². The molecule has 0 saturated heterocycles.